The summed E-state index contributed by atoms with van der Waals surface area (Å²) in [5, 5.41) is 0.665. The highest BCUT2D eigenvalue weighted by Crippen LogP contribution is 2.29. The number of amidine groups is 1. The van der Waals surface area contributed by atoms with Gasteiger partial charge in [0.05, 0.1) is 6.54 Å². The van der Waals surface area contributed by atoms with Crippen LogP contribution in [-0.2, 0) is 17.9 Å². The van der Waals surface area contributed by atoms with E-state index >= 15 is 0 Å². The number of urea groups is 1. The van der Waals surface area contributed by atoms with Gasteiger partial charge in [-0.15, -0.1) is 0 Å². The van der Waals surface area contributed by atoms with E-state index in [0.717, 1.165) is 17.9 Å². The summed E-state index contributed by atoms with van der Waals surface area (Å²) >= 11 is 6.04. The first-order valence-corrected chi connectivity index (χ1v) is 10.6. The van der Waals surface area contributed by atoms with E-state index in [1.807, 2.05) is 54.4 Å². The Labute approximate surface area is 187 Å². The van der Waals surface area contributed by atoms with Crippen molar-refractivity contribution in [2.45, 2.75) is 25.3 Å². The number of aliphatic imine (C=N–C) groups is 1. The molecule has 8 heteroatoms. The maximum absolute atomic E-state index is 13.1. The Morgan fingerprint density at radius 2 is 1.65 bits per heavy atom. The summed E-state index contributed by atoms with van der Waals surface area (Å²) in [5.41, 5.74) is 2.23. The van der Waals surface area contributed by atoms with Gasteiger partial charge in [0.2, 0.25) is 0 Å². The predicted octanol–water partition coefficient (Wildman–Crippen LogP) is 2.90. The first-order valence-electron chi connectivity index (χ1n) is 10.2. The number of benzene rings is 2. The van der Waals surface area contributed by atoms with Crippen LogP contribution in [0.2, 0.25) is 5.02 Å². The summed E-state index contributed by atoms with van der Waals surface area (Å²) in [6.07, 6.45) is -0.524. The minimum atomic E-state index is -0.538. The van der Waals surface area contributed by atoms with Crippen molar-refractivity contribution in [3.63, 3.8) is 0 Å². The Morgan fingerprint density at radius 1 is 0.968 bits per heavy atom. The number of nitrogens with zero attached hydrogens (tertiary/aromatic N) is 5. The zero-order chi connectivity index (χ0) is 22.1. The van der Waals surface area contributed by atoms with Gasteiger partial charge in [0.1, 0.15) is 5.84 Å². The molecule has 7 nitrogen and oxygen atoms in total. The molecule has 2 unspecified atom stereocenters. The second kappa shape index (κ2) is 8.69. The summed E-state index contributed by atoms with van der Waals surface area (Å²) in [6.45, 7) is 1.83. The Kier molecular flexibility index (Phi) is 5.98. The Hall–Kier alpha value is -2.90. The van der Waals surface area contributed by atoms with Crippen molar-refractivity contribution >= 4 is 29.4 Å². The third kappa shape index (κ3) is 4.29. The van der Waals surface area contributed by atoms with E-state index < -0.39 is 12.2 Å². The highest BCUT2D eigenvalue weighted by atomic mass is 35.5. The maximum Gasteiger partial charge on any atom is 0.328 e. The van der Waals surface area contributed by atoms with Gasteiger partial charge in [0.25, 0.3) is 5.91 Å². The highest BCUT2D eigenvalue weighted by Gasteiger charge is 2.50. The lowest BCUT2D eigenvalue weighted by molar-refractivity contribution is -0.136. The number of amides is 3. The molecule has 0 spiro atoms. The van der Waals surface area contributed by atoms with Crippen molar-refractivity contribution in [3.05, 3.63) is 70.7 Å². The fourth-order valence-corrected chi connectivity index (χ4v) is 4.25. The van der Waals surface area contributed by atoms with Crippen LogP contribution in [0.15, 0.2) is 59.6 Å². The molecule has 2 aromatic rings. The van der Waals surface area contributed by atoms with Crippen LogP contribution in [0, 0.1) is 0 Å². The van der Waals surface area contributed by atoms with Crippen molar-refractivity contribution in [2.24, 2.45) is 4.99 Å². The van der Waals surface area contributed by atoms with Gasteiger partial charge in [-0.05, 0) is 30.3 Å². The van der Waals surface area contributed by atoms with Crippen molar-refractivity contribution in [3.8, 4) is 0 Å². The van der Waals surface area contributed by atoms with Crippen molar-refractivity contribution in [2.75, 3.05) is 27.7 Å². The maximum atomic E-state index is 13.1. The van der Waals surface area contributed by atoms with Crippen LogP contribution < -0.4 is 0 Å². The molecule has 2 aliphatic rings. The number of fused-ring (bicyclic) bond motifs is 1. The molecule has 0 N–H and O–H groups in total. The number of carbonyl (C=O) groups is 2. The predicted molar refractivity (Wildman–Crippen MR) is 121 cm³/mol. The number of likely N-dealkylation sites (N-methyl/N-ethyl adjacent to an activating group) is 3. The molecule has 0 bridgehead atoms. The lowest BCUT2D eigenvalue weighted by Crippen LogP contribution is -2.64. The van der Waals surface area contributed by atoms with E-state index in [1.54, 1.807) is 11.9 Å². The summed E-state index contributed by atoms with van der Waals surface area (Å²) in [5.74, 6) is 0.568. The minimum absolute atomic E-state index is 0.230. The Balaban J connectivity index is 1.60. The van der Waals surface area contributed by atoms with Gasteiger partial charge >= 0.3 is 6.03 Å². The van der Waals surface area contributed by atoms with Crippen LogP contribution in [0.3, 0.4) is 0 Å². The van der Waals surface area contributed by atoms with Gasteiger partial charge in [-0.1, -0.05) is 54.1 Å². The molecule has 2 heterocycles. The van der Waals surface area contributed by atoms with Gasteiger partial charge in [0, 0.05) is 32.2 Å². The standard InChI is InChI=1S/C23H26ClN5O2/c1-26(13-16-7-5-4-6-8-16)15-19-25-21-20(22(30)28(3)23(31)27(21)2)29(19)14-17-9-11-18(24)12-10-17/h4-12,20-21H,13-15H2,1-3H3. The molecule has 3 amide bonds. The normalized spacial score (nSPS) is 21.1. The van der Waals surface area contributed by atoms with Crippen molar-refractivity contribution in [1.82, 2.24) is 19.6 Å². The van der Waals surface area contributed by atoms with Crippen LogP contribution in [0.4, 0.5) is 4.79 Å². The second-order valence-electron chi connectivity index (χ2n) is 8.11. The van der Waals surface area contributed by atoms with Crippen LogP contribution in [-0.4, -0.2) is 77.3 Å². The molecule has 2 aliphatic heterocycles. The van der Waals surface area contributed by atoms with E-state index in [-0.39, 0.29) is 11.9 Å². The fraction of sp³-hybridized carbons (Fsp3) is 0.348. The molecule has 31 heavy (non-hydrogen) atoms. The molecular weight excluding hydrogens is 414 g/mol. The molecule has 4 rings (SSSR count). The zero-order valence-electron chi connectivity index (χ0n) is 17.9. The minimum Gasteiger partial charge on any atom is -0.339 e. The summed E-state index contributed by atoms with van der Waals surface area (Å²) < 4.78 is 0. The largest absolute Gasteiger partial charge is 0.339 e. The molecule has 2 atom stereocenters. The number of carbonyl (C=O) groups excluding carboxylic acids is 2. The number of halogens is 1. The first-order chi connectivity index (χ1) is 14.8. The number of rotatable bonds is 6. The van der Waals surface area contributed by atoms with E-state index in [2.05, 4.69) is 17.0 Å². The molecule has 0 radical (unpaired) electrons. The van der Waals surface area contributed by atoms with Crippen LogP contribution in [0.5, 0.6) is 0 Å². The van der Waals surface area contributed by atoms with Crippen LogP contribution in [0.1, 0.15) is 11.1 Å². The van der Waals surface area contributed by atoms with Crippen LogP contribution >= 0.6 is 11.6 Å². The Bertz CT molecular complexity index is 995. The zero-order valence-corrected chi connectivity index (χ0v) is 18.7. The molecule has 0 aromatic heterocycles. The fourth-order valence-electron chi connectivity index (χ4n) is 4.12. The average Bonchev–Trinajstić information content (AvgIpc) is 3.11. The first kappa shape index (κ1) is 21.3. The third-order valence-electron chi connectivity index (χ3n) is 5.77. The monoisotopic (exact) mass is 439 g/mol. The summed E-state index contributed by atoms with van der Waals surface area (Å²) in [7, 11) is 5.25. The van der Waals surface area contributed by atoms with Crippen molar-refractivity contribution < 1.29 is 9.59 Å². The lowest BCUT2D eigenvalue weighted by Gasteiger charge is -2.40. The van der Waals surface area contributed by atoms with E-state index in [1.165, 1.54) is 17.5 Å². The molecule has 1 saturated heterocycles. The van der Waals surface area contributed by atoms with Gasteiger partial charge < -0.3 is 9.80 Å². The average molecular weight is 440 g/mol. The quantitative estimate of drug-likeness (QED) is 0.694. The van der Waals surface area contributed by atoms with E-state index in [4.69, 9.17) is 16.6 Å². The summed E-state index contributed by atoms with van der Waals surface area (Å²) in [6, 6.07) is 16.9. The van der Waals surface area contributed by atoms with Crippen LogP contribution in [0.25, 0.3) is 0 Å². The Morgan fingerprint density at radius 3 is 2.32 bits per heavy atom. The smallest absolute Gasteiger partial charge is 0.328 e. The van der Waals surface area contributed by atoms with Gasteiger partial charge in [0.15, 0.2) is 12.2 Å². The molecule has 0 aliphatic carbocycles. The van der Waals surface area contributed by atoms with Gasteiger partial charge in [-0.25, -0.2) is 9.79 Å². The van der Waals surface area contributed by atoms with Crippen molar-refractivity contribution in [1.29, 1.82) is 0 Å². The SMILES string of the molecule is CN(CC1=NC2C(C(=O)N(C)C(=O)N2C)N1Cc1ccc(Cl)cc1)Cc1ccccc1. The van der Waals surface area contributed by atoms with E-state index in [9.17, 15) is 9.59 Å². The molecule has 162 valence electrons. The molecule has 2 aromatic carbocycles. The number of hydrogen-bond acceptors (Lipinski definition) is 5. The topological polar surface area (TPSA) is 59.5 Å². The second-order valence-corrected chi connectivity index (χ2v) is 8.54. The summed E-state index contributed by atoms with van der Waals surface area (Å²) in [4.78, 5) is 37.3. The third-order valence-corrected chi connectivity index (χ3v) is 6.02. The molecular formula is C23H26ClN5O2. The van der Waals surface area contributed by atoms with Gasteiger partial charge in [-0.3, -0.25) is 14.6 Å². The lowest BCUT2D eigenvalue weighted by atomic mass is 10.1. The number of imide groups is 1. The number of hydrogen-bond donors (Lipinski definition) is 0. The van der Waals surface area contributed by atoms with E-state index in [0.29, 0.717) is 18.1 Å². The molecule has 1 fully saturated rings. The highest BCUT2D eigenvalue weighted by molar-refractivity contribution is 6.30. The van der Waals surface area contributed by atoms with Gasteiger partial charge in [-0.2, -0.15) is 0 Å². The molecule has 0 saturated carbocycles.